The van der Waals surface area contributed by atoms with Crippen LogP contribution in [0.5, 0.6) is 0 Å². The maximum atomic E-state index is 12.0. The number of carbonyl (C=O) groups is 1. The predicted molar refractivity (Wildman–Crippen MR) is 84.3 cm³/mol. The fourth-order valence-corrected chi connectivity index (χ4v) is 2.08. The van der Waals surface area contributed by atoms with E-state index in [1.54, 1.807) is 30.5 Å². The highest BCUT2D eigenvalue weighted by Crippen LogP contribution is 2.19. The Balaban J connectivity index is 1.63. The van der Waals surface area contributed by atoms with Gasteiger partial charge in [0.15, 0.2) is 5.76 Å². The van der Waals surface area contributed by atoms with E-state index in [0.717, 1.165) is 5.56 Å². The molecule has 1 N–H and O–H groups in total. The maximum Gasteiger partial charge on any atom is 0.251 e. The number of aromatic nitrogens is 1. The molecule has 5 nitrogen and oxygen atoms in total. The number of nitrogens with zero attached hydrogens (tertiary/aromatic N) is 2. The molecule has 2 aromatic carbocycles. The van der Waals surface area contributed by atoms with Crippen LogP contribution in [-0.4, -0.2) is 10.9 Å². The summed E-state index contributed by atoms with van der Waals surface area (Å²) < 4.78 is 5.62. The average molecular weight is 303 g/mol. The Morgan fingerprint density at radius 2 is 1.87 bits per heavy atom. The van der Waals surface area contributed by atoms with Crippen molar-refractivity contribution in [3.63, 3.8) is 0 Å². The van der Waals surface area contributed by atoms with Crippen LogP contribution in [0.4, 0.5) is 0 Å². The summed E-state index contributed by atoms with van der Waals surface area (Å²) in [5.74, 6) is 0.855. The molecular weight excluding hydrogens is 290 g/mol. The molecule has 112 valence electrons. The highest BCUT2D eigenvalue weighted by Gasteiger charge is 2.09. The molecule has 5 heteroatoms. The van der Waals surface area contributed by atoms with Crippen molar-refractivity contribution in [2.45, 2.75) is 6.54 Å². The molecular formula is C18H13N3O2. The van der Waals surface area contributed by atoms with Gasteiger partial charge < -0.3 is 9.73 Å². The molecule has 0 aliphatic heterocycles. The molecule has 3 rings (SSSR count). The van der Waals surface area contributed by atoms with Gasteiger partial charge in [-0.3, -0.25) is 4.79 Å². The molecule has 0 aliphatic carbocycles. The van der Waals surface area contributed by atoms with Crippen LogP contribution in [0.1, 0.15) is 21.8 Å². The highest BCUT2D eigenvalue weighted by atomic mass is 16.4. The van der Waals surface area contributed by atoms with E-state index >= 15 is 0 Å². The second kappa shape index (κ2) is 6.58. The van der Waals surface area contributed by atoms with Crippen molar-refractivity contribution < 1.29 is 9.21 Å². The van der Waals surface area contributed by atoms with Crippen LogP contribution in [-0.2, 0) is 6.54 Å². The molecule has 1 amide bonds. The minimum absolute atomic E-state index is 0.200. The van der Waals surface area contributed by atoms with Crippen molar-refractivity contribution in [1.29, 1.82) is 5.26 Å². The number of oxazole rings is 1. The summed E-state index contributed by atoms with van der Waals surface area (Å²) in [4.78, 5) is 16.2. The minimum Gasteiger partial charge on any atom is -0.439 e. The van der Waals surface area contributed by atoms with E-state index in [2.05, 4.69) is 10.3 Å². The number of nitriles is 1. The van der Waals surface area contributed by atoms with E-state index in [4.69, 9.17) is 9.68 Å². The van der Waals surface area contributed by atoms with Gasteiger partial charge in [0.25, 0.3) is 5.91 Å². The number of carbonyl (C=O) groups excluding carboxylic acids is 1. The second-order valence-corrected chi connectivity index (χ2v) is 4.86. The van der Waals surface area contributed by atoms with Crippen LogP contribution < -0.4 is 5.32 Å². The predicted octanol–water partition coefficient (Wildman–Crippen LogP) is 3.14. The SMILES string of the molecule is N#Cc1ccc(C(=O)NCc2ncc(-c3ccccc3)o2)cc1. The van der Waals surface area contributed by atoms with Gasteiger partial charge in [-0.1, -0.05) is 30.3 Å². The van der Waals surface area contributed by atoms with Crippen molar-refractivity contribution in [2.75, 3.05) is 0 Å². The molecule has 3 aromatic rings. The first-order valence-electron chi connectivity index (χ1n) is 7.05. The first-order valence-corrected chi connectivity index (χ1v) is 7.05. The van der Waals surface area contributed by atoms with Crippen molar-refractivity contribution in [1.82, 2.24) is 10.3 Å². The van der Waals surface area contributed by atoms with Gasteiger partial charge in [0.2, 0.25) is 5.89 Å². The van der Waals surface area contributed by atoms with Crippen LogP contribution in [0.15, 0.2) is 65.2 Å². The molecule has 0 spiro atoms. The molecule has 0 saturated carbocycles. The van der Waals surface area contributed by atoms with Gasteiger partial charge in [-0.25, -0.2) is 4.98 Å². The summed E-state index contributed by atoms with van der Waals surface area (Å²) >= 11 is 0. The Morgan fingerprint density at radius 3 is 2.57 bits per heavy atom. The third kappa shape index (κ3) is 3.44. The zero-order chi connectivity index (χ0) is 16.1. The van der Waals surface area contributed by atoms with Crippen LogP contribution in [0.2, 0.25) is 0 Å². The fourth-order valence-electron chi connectivity index (χ4n) is 2.08. The van der Waals surface area contributed by atoms with E-state index in [1.165, 1.54) is 0 Å². The van der Waals surface area contributed by atoms with Gasteiger partial charge in [0.05, 0.1) is 24.4 Å². The monoisotopic (exact) mass is 303 g/mol. The third-order valence-corrected chi connectivity index (χ3v) is 3.29. The van der Waals surface area contributed by atoms with Crippen LogP contribution >= 0.6 is 0 Å². The summed E-state index contributed by atoms with van der Waals surface area (Å²) in [5, 5.41) is 11.5. The topological polar surface area (TPSA) is 78.9 Å². The molecule has 23 heavy (non-hydrogen) atoms. The number of amides is 1. The Labute approximate surface area is 133 Å². The van der Waals surface area contributed by atoms with E-state index in [0.29, 0.717) is 22.8 Å². The van der Waals surface area contributed by atoms with E-state index in [1.807, 2.05) is 36.4 Å². The number of benzene rings is 2. The summed E-state index contributed by atoms with van der Waals surface area (Å²) in [6.07, 6.45) is 1.64. The van der Waals surface area contributed by atoms with Gasteiger partial charge in [-0.2, -0.15) is 5.26 Å². The smallest absolute Gasteiger partial charge is 0.251 e. The Hall–Kier alpha value is -3.39. The molecule has 0 fully saturated rings. The summed E-state index contributed by atoms with van der Waals surface area (Å²) in [6.45, 7) is 0.200. The average Bonchev–Trinajstić information content (AvgIpc) is 3.09. The van der Waals surface area contributed by atoms with Gasteiger partial charge in [-0.05, 0) is 24.3 Å². The van der Waals surface area contributed by atoms with Gasteiger partial charge in [0, 0.05) is 11.1 Å². The summed E-state index contributed by atoms with van der Waals surface area (Å²) in [7, 11) is 0. The van der Waals surface area contributed by atoms with Crippen LogP contribution in [0, 0.1) is 11.3 Å². The molecule has 0 saturated heterocycles. The normalized spacial score (nSPS) is 10.0. The lowest BCUT2D eigenvalue weighted by molar-refractivity contribution is 0.0947. The first-order chi connectivity index (χ1) is 11.3. The quantitative estimate of drug-likeness (QED) is 0.803. The number of hydrogen-bond donors (Lipinski definition) is 1. The van der Waals surface area contributed by atoms with E-state index < -0.39 is 0 Å². The first kappa shape index (κ1) is 14.5. The number of nitrogens with one attached hydrogen (secondary N) is 1. The van der Waals surface area contributed by atoms with Gasteiger partial charge >= 0.3 is 0 Å². The molecule has 0 unspecified atom stereocenters. The lowest BCUT2D eigenvalue weighted by Crippen LogP contribution is -2.22. The van der Waals surface area contributed by atoms with E-state index in [-0.39, 0.29) is 12.5 Å². The molecule has 1 aromatic heterocycles. The fraction of sp³-hybridized carbons (Fsp3) is 0.0556. The zero-order valence-electron chi connectivity index (χ0n) is 12.2. The molecule has 0 bridgehead atoms. The molecule has 1 heterocycles. The lowest BCUT2D eigenvalue weighted by atomic mass is 10.1. The van der Waals surface area contributed by atoms with Gasteiger partial charge in [0.1, 0.15) is 0 Å². The Kier molecular flexibility index (Phi) is 4.16. The number of hydrogen-bond acceptors (Lipinski definition) is 4. The van der Waals surface area contributed by atoms with Crippen molar-refractivity contribution in [2.24, 2.45) is 0 Å². The van der Waals surface area contributed by atoms with Crippen LogP contribution in [0.25, 0.3) is 11.3 Å². The third-order valence-electron chi connectivity index (χ3n) is 3.29. The molecule has 0 atom stereocenters. The lowest BCUT2D eigenvalue weighted by Gasteiger charge is -2.02. The molecule has 0 aliphatic rings. The maximum absolute atomic E-state index is 12.0. The van der Waals surface area contributed by atoms with Gasteiger partial charge in [-0.15, -0.1) is 0 Å². The molecule has 0 radical (unpaired) electrons. The van der Waals surface area contributed by atoms with E-state index in [9.17, 15) is 4.79 Å². The standard InChI is InChI=1S/C18H13N3O2/c19-10-13-6-8-15(9-7-13)18(22)21-12-17-20-11-16(23-17)14-4-2-1-3-5-14/h1-9,11H,12H2,(H,21,22). The minimum atomic E-state index is -0.242. The zero-order valence-corrected chi connectivity index (χ0v) is 12.2. The van der Waals surface area contributed by atoms with Crippen molar-refractivity contribution >= 4 is 5.91 Å². The second-order valence-electron chi connectivity index (χ2n) is 4.86. The Morgan fingerprint density at radius 1 is 1.13 bits per heavy atom. The largest absolute Gasteiger partial charge is 0.439 e. The highest BCUT2D eigenvalue weighted by molar-refractivity contribution is 5.94. The summed E-state index contributed by atoms with van der Waals surface area (Å²) in [5.41, 5.74) is 1.94. The summed E-state index contributed by atoms with van der Waals surface area (Å²) in [6, 6.07) is 18.1. The van der Waals surface area contributed by atoms with Crippen molar-refractivity contribution in [3.8, 4) is 17.4 Å². The van der Waals surface area contributed by atoms with Crippen molar-refractivity contribution in [3.05, 3.63) is 77.8 Å². The number of rotatable bonds is 4. The Bertz CT molecular complexity index is 846. The van der Waals surface area contributed by atoms with Crippen LogP contribution in [0.3, 0.4) is 0 Å².